The van der Waals surface area contributed by atoms with Crippen LogP contribution in [0.1, 0.15) is 6.92 Å². The van der Waals surface area contributed by atoms with Crippen LogP contribution in [0.15, 0.2) is 0 Å². The lowest BCUT2D eigenvalue weighted by Crippen LogP contribution is -2.51. The van der Waals surface area contributed by atoms with Gasteiger partial charge in [-0.1, -0.05) is 0 Å². The van der Waals surface area contributed by atoms with Gasteiger partial charge in [-0.05, 0) is 6.92 Å². The fourth-order valence-corrected chi connectivity index (χ4v) is 1.11. The van der Waals surface area contributed by atoms with Crippen LogP contribution in [0.5, 0.6) is 0 Å². The monoisotopic (exact) mass is 157 g/mol. The summed E-state index contributed by atoms with van der Waals surface area (Å²) in [5.41, 5.74) is 0. The number of morpholine rings is 1. The first-order valence-corrected chi connectivity index (χ1v) is 3.75. The highest BCUT2D eigenvalue weighted by Crippen LogP contribution is 2.04. The van der Waals surface area contributed by atoms with E-state index in [9.17, 15) is 4.79 Å². The van der Waals surface area contributed by atoms with Crippen LogP contribution < -0.4 is 10.6 Å². The summed E-state index contributed by atoms with van der Waals surface area (Å²) in [7, 11) is 1.61. The maximum Gasteiger partial charge on any atom is 0.241 e. The van der Waals surface area contributed by atoms with Gasteiger partial charge >= 0.3 is 0 Å². The number of rotatable bonds is 1. The first-order valence-electron chi connectivity index (χ1n) is 3.75. The van der Waals surface area contributed by atoms with E-state index in [2.05, 4.69) is 10.6 Å². The third kappa shape index (κ3) is 1.91. The Hall–Kier alpha value is -0.610. The number of hydrogen-bond acceptors (Lipinski definition) is 2. The standard InChI is InChI=1S/C7H13N2O2/c1-5-6(7(10)8-2)9-3-4-11-5/h5-6H,3-4H2,1-2H3,(H,8,10). The largest absolute Gasteiger partial charge is 0.375 e. The Bertz CT molecular complexity index is 149. The molecular weight excluding hydrogens is 144 g/mol. The van der Waals surface area contributed by atoms with Gasteiger partial charge in [-0.15, -0.1) is 0 Å². The van der Waals surface area contributed by atoms with Crippen molar-refractivity contribution in [3.63, 3.8) is 0 Å². The van der Waals surface area contributed by atoms with Crippen LogP contribution in [-0.4, -0.2) is 38.3 Å². The SMILES string of the molecule is CNC(=O)C1[N]CCOC1C. The van der Waals surface area contributed by atoms with Gasteiger partial charge in [-0.3, -0.25) is 4.79 Å². The van der Waals surface area contributed by atoms with Crippen molar-refractivity contribution >= 4 is 5.91 Å². The highest BCUT2D eigenvalue weighted by Gasteiger charge is 2.28. The minimum Gasteiger partial charge on any atom is -0.375 e. The van der Waals surface area contributed by atoms with Gasteiger partial charge in [0.15, 0.2) is 0 Å². The maximum atomic E-state index is 11.1. The number of ether oxygens (including phenoxy) is 1. The normalized spacial score (nSPS) is 31.5. The van der Waals surface area contributed by atoms with Crippen LogP contribution in [0.25, 0.3) is 0 Å². The number of amides is 1. The number of nitrogens with zero attached hydrogens (tertiary/aromatic N) is 1. The molecule has 2 unspecified atom stereocenters. The summed E-state index contributed by atoms with van der Waals surface area (Å²) >= 11 is 0. The zero-order valence-electron chi connectivity index (χ0n) is 6.83. The van der Waals surface area contributed by atoms with Gasteiger partial charge in [0, 0.05) is 13.6 Å². The first-order chi connectivity index (χ1) is 5.25. The minimum absolute atomic E-state index is 0.0581. The maximum absolute atomic E-state index is 11.1. The van der Waals surface area contributed by atoms with Gasteiger partial charge in [0.1, 0.15) is 6.04 Å². The molecule has 1 heterocycles. The molecule has 0 spiro atoms. The Balaban J connectivity index is 2.47. The fraction of sp³-hybridized carbons (Fsp3) is 0.857. The highest BCUT2D eigenvalue weighted by atomic mass is 16.5. The molecule has 4 heteroatoms. The van der Waals surface area contributed by atoms with Crippen LogP contribution in [0.4, 0.5) is 0 Å². The molecule has 0 aromatic carbocycles. The number of likely N-dealkylation sites (N-methyl/N-ethyl adjacent to an activating group) is 1. The number of nitrogens with one attached hydrogen (secondary N) is 1. The first kappa shape index (κ1) is 8.49. The van der Waals surface area contributed by atoms with Crippen molar-refractivity contribution < 1.29 is 9.53 Å². The Morgan fingerprint density at radius 1 is 1.73 bits per heavy atom. The second-order valence-corrected chi connectivity index (χ2v) is 2.54. The van der Waals surface area contributed by atoms with Crippen molar-refractivity contribution in [1.29, 1.82) is 0 Å². The van der Waals surface area contributed by atoms with Crippen molar-refractivity contribution in [3.05, 3.63) is 0 Å². The minimum atomic E-state index is -0.311. The van der Waals surface area contributed by atoms with Gasteiger partial charge < -0.3 is 10.1 Å². The van der Waals surface area contributed by atoms with Crippen molar-refractivity contribution in [3.8, 4) is 0 Å². The molecule has 0 aliphatic carbocycles. The zero-order valence-corrected chi connectivity index (χ0v) is 6.83. The van der Waals surface area contributed by atoms with E-state index in [0.29, 0.717) is 13.2 Å². The van der Waals surface area contributed by atoms with E-state index in [0.717, 1.165) is 0 Å². The van der Waals surface area contributed by atoms with Gasteiger partial charge in [0.2, 0.25) is 5.91 Å². The molecule has 1 N–H and O–H groups in total. The van der Waals surface area contributed by atoms with Crippen LogP contribution in [0, 0.1) is 0 Å². The van der Waals surface area contributed by atoms with Crippen LogP contribution in [0.2, 0.25) is 0 Å². The molecule has 1 aliphatic heterocycles. The van der Waals surface area contributed by atoms with Gasteiger partial charge in [-0.2, -0.15) is 0 Å². The van der Waals surface area contributed by atoms with Crippen LogP contribution in [0.3, 0.4) is 0 Å². The molecule has 1 amide bonds. The third-order valence-corrected chi connectivity index (χ3v) is 1.76. The summed E-state index contributed by atoms with van der Waals surface area (Å²) in [6.07, 6.45) is -0.0799. The average molecular weight is 157 g/mol. The lowest BCUT2D eigenvalue weighted by molar-refractivity contribution is -0.128. The molecule has 1 radical (unpaired) electrons. The second-order valence-electron chi connectivity index (χ2n) is 2.54. The summed E-state index contributed by atoms with van der Waals surface area (Å²) in [4.78, 5) is 11.1. The van der Waals surface area contributed by atoms with E-state index in [1.807, 2.05) is 6.92 Å². The molecule has 1 saturated heterocycles. The Morgan fingerprint density at radius 3 is 3.00 bits per heavy atom. The van der Waals surface area contributed by atoms with Crippen molar-refractivity contribution in [2.45, 2.75) is 19.1 Å². The van der Waals surface area contributed by atoms with Gasteiger partial charge in [0.05, 0.1) is 12.7 Å². The Kier molecular flexibility index (Phi) is 2.84. The van der Waals surface area contributed by atoms with E-state index >= 15 is 0 Å². The molecule has 0 aromatic rings. The van der Waals surface area contributed by atoms with Gasteiger partial charge in [0.25, 0.3) is 0 Å². The van der Waals surface area contributed by atoms with E-state index in [-0.39, 0.29) is 18.1 Å². The summed E-state index contributed by atoms with van der Waals surface area (Å²) in [6.45, 7) is 3.12. The molecular formula is C7H13N2O2. The lowest BCUT2D eigenvalue weighted by Gasteiger charge is -2.27. The van der Waals surface area contributed by atoms with E-state index < -0.39 is 0 Å². The second kappa shape index (κ2) is 3.69. The number of hydrogen-bond donors (Lipinski definition) is 1. The molecule has 1 aliphatic rings. The molecule has 4 nitrogen and oxygen atoms in total. The van der Waals surface area contributed by atoms with Gasteiger partial charge in [-0.25, -0.2) is 5.32 Å². The third-order valence-electron chi connectivity index (χ3n) is 1.76. The van der Waals surface area contributed by atoms with Crippen molar-refractivity contribution in [1.82, 2.24) is 10.6 Å². The summed E-state index contributed by atoms with van der Waals surface area (Å²) in [5.74, 6) is -0.0581. The molecule has 63 valence electrons. The highest BCUT2D eigenvalue weighted by molar-refractivity contribution is 5.82. The van der Waals surface area contributed by atoms with Crippen molar-refractivity contribution in [2.24, 2.45) is 0 Å². The van der Waals surface area contributed by atoms with E-state index in [4.69, 9.17) is 4.74 Å². The van der Waals surface area contributed by atoms with E-state index in [1.165, 1.54) is 0 Å². The predicted molar refractivity (Wildman–Crippen MR) is 40.3 cm³/mol. The molecule has 0 saturated carbocycles. The average Bonchev–Trinajstić information content (AvgIpc) is 2.04. The molecule has 0 aromatic heterocycles. The van der Waals surface area contributed by atoms with Crippen LogP contribution >= 0.6 is 0 Å². The number of carbonyl (C=O) groups is 1. The van der Waals surface area contributed by atoms with Crippen LogP contribution in [-0.2, 0) is 9.53 Å². The molecule has 1 rings (SSSR count). The molecule has 0 bridgehead atoms. The summed E-state index contributed by atoms with van der Waals surface area (Å²) in [5, 5.41) is 6.70. The number of carbonyl (C=O) groups excluding carboxylic acids is 1. The smallest absolute Gasteiger partial charge is 0.241 e. The molecule has 1 fully saturated rings. The predicted octanol–water partition coefficient (Wildman–Crippen LogP) is -0.876. The lowest BCUT2D eigenvalue weighted by atomic mass is 10.1. The summed E-state index contributed by atoms with van der Waals surface area (Å²) in [6, 6.07) is -0.311. The van der Waals surface area contributed by atoms with E-state index in [1.54, 1.807) is 7.05 Å². The molecule has 11 heavy (non-hydrogen) atoms. The zero-order chi connectivity index (χ0) is 8.27. The molecule has 2 atom stereocenters. The topological polar surface area (TPSA) is 52.4 Å². The quantitative estimate of drug-likeness (QED) is 0.537. The van der Waals surface area contributed by atoms with Crippen molar-refractivity contribution in [2.75, 3.05) is 20.2 Å². The Morgan fingerprint density at radius 2 is 2.45 bits per heavy atom. The Labute approximate surface area is 66.3 Å². The summed E-state index contributed by atoms with van der Waals surface area (Å²) < 4.78 is 5.26. The fourth-order valence-electron chi connectivity index (χ4n) is 1.11.